The maximum Gasteiger partial charge on any atom is 0.258 e. The van der Waals surface area contributed by atoms with Gasteiger partial charge in [-0.05, 0) is 49.8 Å². The Kier molecular flexibility index (Phi) is 8.29. The average molecular weight is 498 g/mol. The van der Waals surface area contributed by atoms with Crippen LogP contribution in [0, 0.1) is 0 Å². The first-order valence-electron chi connectivity index (χ1n) is 10.0. The van der Waals surface area contributed by atoms with E-state index in [-0.39, 0.29) is 18.4 Å². The van der Waals surface area contributed by atoms with Crippen LogP contribution >= 0.6 is 34.8 Å². The van der Waals surface area contributed by atoms with Crippen molar-refractivity contribution in [1.82, 2.24) is 10.6 Å². The van der Waals surface area contributed by atoms with Crippen molar-refractivity contribution in [3.8, 4) is 11.5 Å². The zero-order chi connectivity index (χ0) is 23.1. The molecule has 9 heteroatoms. The lowest BCUT2D eigenvalue weighted by molar-refractivity contribution is -0.124. The number of benzene rings is 2. The number of halogens is 3. The molecule has 2 aromatic rings. The Hall–Kier alpha value is -2.41. The number of nitrogens with one attached hydrogen (secondary N) is 2. The maximum absolute atomic E-state index is 12.2. The molecule has 1 aliphatic rings. The molecule has 2 N–H and O–H groups in total. The standard InChI is InChI=1S/C23H23Cl3N2O4/c1-23(28-22(30)14-32-18-7-8-19(25)20(26)11-18)12-16(13-23)27-21(29)6-3-9-31-17-5-2-4-15(24)10-17/h2,4-5,7-8,10-12H,3,6,9,13-14H2,1H3,(H,27,29)(H,28,30). The van der Waals surface area contributed by atoms with Gasteiger partial charge in [-0.25, -0.2) is 0 Å². The van der Waals surface area contributed by atoms with Crippen molar-refractivity contribution < 1.29 is 19.1 Å². The topological polar surface area (TPSA) is 76.7 Å². The summed E-state index contributed by atoms with van der Waals surface area (Å²) >= 11 is 17.7. The Morgan fingerprint density at radius 1 is 1.00 bits per heavy atom. The lowest BCUT2D eigenvalue weighted by Gasteiger charge is -2.37. The molecule has 1 atom stereocenters. The Labute approximate surface area is 201 Å². The van der Waals surface area contributed by atoms with Gasteiger partial charge in [0.15, 0.2) is 6.61 Å². The minimum absolute atomic E-state index is 0.0951. The van der Waals surface area contributed by atoms with Crippen molar-refractivity contribution in [2.75, 3.05) is 13.2 Å². The van der Waals surface area contributed by atoms with Gasteiger partial charge in [0.1, 0.15) is 11.5 Å². The molecule has 0 saturated carbocycles. The average Bonchev–Trinajstić information content (AvgIpc) is 2.71. The van der Waals surface area contributed by atoms with E-state index in [1.165, 1.54) is 0 Å². The van der Waals surface area contributed by atoms with E-state index >= 15 is 0 Å². The van der Waals surface area contributed by atoms with Crippen molar-refractivity contribution in [3.05, 3.63) is 69.3 Å². The van der Waals surface area contributed by atoms with E-state index in [2.05, 4.69) is 10.6 Å². The molecule has 1 unspecified atom stereocenters. The molecule has 0 aliphatic heterocycles. The summed E-state index contributed by atoms with van der Waals surface area (Å²) in [5, 5.41) is 7.12. The molecular weight excluding hydrogens is 475 g/mol. The molecule has 0 spiro atoms. The van der Waals surface area contributed by atoms with E-state index in [1.807, 2.05) is 25.1 Å². The van der Waals surface area contributed by atoms with Crippen LogP contribution in [-0.4, -0.2) is 30.6 Å². The Bertz CT molecular complexity index is 1030. The quantitative estimate of drug-likeness (QED) is 0.444. The van der Waals surface area contributed by atoms with Crippen molar-refractivity contribution in [1.29, 1.82) is 0 Å². The Balaban J connectivity index is 1.34. The van der Waals surface area contributed by atoms with E-state index in [1.54, 1.807) is 30.3 Å². The van der Waals surface area contributed by atoms with Crippen LogP contribution in [0.15, 0.2) is 54.2 Å². The predicted octanol–water partition coefficient (Wildman–Crippen LogP) is 5.16. The second kappa shape index (κ2) is 10.9. The second-order valence-corrected chi connectivity index (χ2v) is 8.88. The molecule has 0 fully saturated rings. The van der Waals surface area contributed by atoms with Gasteiger partial charge in [-0.15, -0.1) is 0 Å². The SMILES string of the molecule is CC1(NC(=O)COc2ccc(Cl)c(Cl)c2)C=C(NC(=O)CCCOc2cccc(Cl)c2)C1. The molecule has 0 heterocycles. The predicted molar refractivity (Wildman–Crippen MR) is 126 cm³/mol. The third-order valence-corrected chi connectivity index (χ3v) is 5.62. The molecule has 1 aliphatic carbocycles. The van der Waals surface area contributed by atoms with Crippen LogP contribution in [0.3, 0.4) is 0 Å². The fourth-order valence-electron chi connectivity index (χ4n) is 3.20. The summed E-state index contributed by atoms with van der Waals surface area (Å²) in [4.78, 5) is 24.3. The molecule has 170 valence electrons. The maximum atomic E-state index is 12.2. The third kappa shape index (κ3) is 7.33. The highest BCUT2D eigenvalue weighted by Crippen LogP contribution is 2.29. The molecule has 0 saturated heterocycles. The zero-order valence-corrected chi connectivity index (χ0v) is 19.7. The summed E-state index contributed by atoms with van der Waals surface area (Å²) in [5.74, 6) is 0.756. The first-order valence-corrected chi connectivity index (χ1v) is 11.1. The molecule has 3 rings (SSSR count). The van der Waals surface area contributed by atoms with E-state index in [0.717, 1.165) is 5.70 Å². The van der Waals surface area contributed by atoms with Gasteiger partial charge in [0, 0.05) is 29.6 Å². The van der Waals surface area contributed by atoms with Gasteiger partial charge in [-0.2, -0.15) is 0 Å². The summed E-state index contributed by atoms with van der Waals surface area (Å²) in [6.07, 6.45) is 3.25. The zero-order valence-electron chi connectivity index (χ0n) is 17.4. The van der Waals surface area contributed by atoms with Gasteiger partial charge in [-0.1, -0.05) is 40.9 Å². The van der Waals surface area contributed by atoms with Crippen molar-refractivity contribution in [2.45, 2.75) is 31.7 Å². The normalized spacial score (nSPS) is 17.1. The van der Waals surface area contributed by atoms with Crippen LogP contribution in [0.5, 0.6) is 11.5 Å². The van der Waals surface area contributed by atoms with E-state index in [9.17, 15) is 9.59 Å². The van der Waals surface area contributed by atoms with Crippen LogP contribution in [0.2, 0.25) is 15.1 Å². The van der Waals surface area contributed by atoms with Crippen LogP contribution < -0.4 is 20.1 Å². The van der Waals surface area contributed by atoms with Crippen LogP contribution in [0.4, 0.5) is 0 Å². The molecule has 0 aromatic heterocycles. The summed E-state index contributed by atoms with van der Waals surface area (Å²) in [6.45, 7) is 2.13. The highest BCUT2D eigenvalue weighted by molar-refractivity contribution is 6.42. The molecule has 0 bridgehead atoms. The number of ether oxygens (including phenoxy) is 2. The summed E-state index contributed by atoms with van der Waals surface area (Å²) in [7, 11) is 0. The minimum Gasteiger partial charge on any atom is -0.494 e. The lowest BCUT2D eigenvalue weighted by Crippen LogP contribution is -2.53. The van der Waals surface area contributed by atoms with Crippen molar-refractivity contribution in [3.63, 3.8) is 0 Å². The number of carbonyl (C=O) groups is 2. The molecular formula is C23H23Cl3N2O4. The second-order valence-electron chi connectivity index (χ2n) is 7.63. The smallest absolute Gasteiger partial charge is 0.258 e. The molecule has 6 nitrogen and oxygen atoms in total. The number of carbonyl (C=O) groups excluding carboxylic acids is 2. The Morgan fingerprint density at radius 2 is 1.75 bits per heavy atom. The van der Waals surface area contributed by atoms with Gasteiger partial charge in [0.05, 0.1) is 22.2 Å². The van der Waals surface area contributed by atoms with Crippen LogP contribution in [0.1, 0.15) is 26.2 Å². The molecule has 32 heavy (non-hydrogen) atoms. The molecule has 2 aromatic carbocycles. The lowest BCUT2D eigenvalue weighted by atomic mass is 9.84. The number of rotatable bonds is 10. The van der Waals surface area contributed by atoms with Crippen LogP contribution in [0.25, 0.3) is 0 Å². The molecule has 0 radical (unpaired) electrons. The highest BCUT2D eigenvalue weighted by Gasteiger charge is 2.34. The minimum atomic E-state index is -0.531. The van der Waals surface area contributed by atoms with E-state index in [4.69, 9.17) is 44.3 Å². The first-order chi connectivity index (χ1) is 15.2. The summed E-state index contributed by atoms with van der Waals surface area (Å²) in [6, 6.07) is 11.9. The van der Waals surface area contributed by atoms with Gasteiger partial charge >= 0.3 is 0 Å². The monoisotopic (exact) mass is 496 g/mol. The summed E-state index contributed by atoms with van der Waals surface area (Å²) in [5.41, 5.74) is 0.245. The third-order valence-electron chi connectivity index (χ3n) is 4.65. The van der Waals surface area contributed by atoms with Gasteiger partial charge in [-0.3, -0.25) is 9.59 Å². The molecule has 2 amide bonds. The largest absolute Gasteiger partial charge is 0.494 e. The number of hydrogen-bond acceptors (Lipinski definition) is 4. The van der Waals surface area contributed by atoms with E-state index in [0.29, 0.717) is 52.4 Å². The van der Waals surface area contributed by atoms with Crippen molar-refractivity contribution in [2.24, 2.45) is 0 Å². The number of amides is 2. The number of hydrogen-bond donors (Lipinski definition) is 2. The Morgan fingerprint density at radius 3 is 2.47 bits per heavy atom. The summed E-state index contributed by atoms with van der Waals surface area (Å²) < 4.78 is 11.0. The van der Waals surface area contributed by atoms with E-state index < -0.39 is 5.54 Å². The van der Waals surface area contributed by atoms with Crippen molar-refractivity contribution >= 4 is 46.6 Å². The highest BCUT2D eigenvalue weighted by atomic mass is 35.5. The fraction of sp³-hybridized carbons (Fsp3) is 0.304. The van der Waals surface area contributed by atoms with Gasteiger partial charge in [0.25, 0.3) is 5.91 Å². The van der Waals surface area contributed by atoms with Crippen LogP contribution in [-0.2, 0) is 9.59 Å². The van der Waals surface area contributed by atoms with Gasteiger partial charge in [0.2, 0.25) is 5.91 Å². The van der Waals surface area contributed by atoms with Gasteiger partial charge < -0.3 is 20.1 Å². The first kappa shape index (κ1) is 24.2. The fourth-order valence-corrected chi connectivity index (χ4v) is 3.67.